The normalized spacial score (nSPS) is 26.7. The highest BCUT2D eigenvalue weighted by Gasteiger charge is 2.26. The Morgan fingerprint density at radius 1 is 1.05 bits per heavy atom. The number of piperidine rings is 1. The Labute approximate surface area is 120 Å². The maximum absolute atomic E-state index is 3.78. The van der Waals surface area contributed by atoms with Gasteiger partial charge in [-0.3, -0.25) is 0 Å². The van der Waals surface area contributed by atoms with Crippen molar-refractivity contribution in [3.63, 3.8) is 0 Å². The Hall–Kier alpha value is -0.0800. The van der Waals surface area contributed by atoms with Crippen LogP contribution in [0.2, 0.25) is 0 Å². The molecule has 0 aromatic heterocycles. The van der Waals surface area contributed by atoms with Crippen LogP contribution >= 0.6 is 0 Å². The van der Waals surface area contributed by atoms with Gasteiger partial charge in [-0.25, -0.2) is 0 Å². The van der Waals surface area contributed by atoms with Gasteiger partial charge in [0.15, 0.2) is 0 Å². The van der Waals surface area contributed by atoms with Crippen LogP contribution in [0, 0.1) is 11.3 Å². The van der Waals surface area contributed by atoms with Crippen molar-refractivity contribution in [2.75, 3.05) is 26.2 Å². The topological polar surface area (TPSA) is 15.3 Å². The van der Waals surface area contributed by atoms with E-state index in [2.05, 4.69) is 31.0 Å². The standard InChI is InChI=1S/C17H34N2/c1-15-7-13-19(14-8-15)12-4-11-18-16-5-9-17(2,3)10-6-16/h15-16,18H,4-14H2,1-3H3. The summed E-state index contributed by atoms with van der Waals surface area (Å²) in [4.78, 5) is 2.66. The molecule has 0 aromatic rings. The molecule has 1 N–H and O–H groups in total. The summed E-state index contributed by atoms with van der Waals surface area (Å²) >= 11 is 0. The van der Waals surface area contributed by atoms with E-state index < -0.39 is 0 Å². The van der Waals surface area contributed by atoms with Crippen molar-refractivity contribution >= 4 is 0 Å². The third kappa shape index (κ3) is 5.43. The van der Waals surface area contributed by atoms with Crippen LogP contribution in [0.3, 0.4) is 0 Å². The number of nitrogens with zero attached hydrogens (tertiary/aromatic N) is 1. The van der Waals surface area contributed by atoms with Gasteiger partial charge in [0.25, 0.3) is 0 Å². The maximum Gasteiger partial charge on any atom is 0.00674 e. The van der Waals surface area contributed by atoms with Gasteiger partial charge in [0.1, 0.15) is 0 Å². The van der Waals surface area contributed by atoms with Crippen molar-refractivity contribution in [1.82, 2.24) is 10.2 Å². The first-order chi connectivity index (χ1) is 9.05. The van der Waals surface area contributed by atoms with E-state index in [1.165, 1.54) is 71.1 Å². The molecule has 112 valence electrons. The molecule has 2 rings (SSSR count). The highest BCUT2D eigenvalue weighted by molar-refractivity contribution is 4.82. The molecule has 1 heterocycles. The van der Waals surface area contributed by atoms with Gasteiger partial charge >= 0.3 is 0 Å². The molecule has 1 saturated carbocycles. The van der Waals surface area contributed by atoms with Crippen LogP contribution in [-0.2, 0) is 0 Å². The fourth-order valence-electron chi connectivity index (χ4n) is 3.50. The average molecular weight is 266 g/mol. The van der Waals surface area contributed by atoms with Crippen molar-refractivity contribution in [3.8, 4) is 0 Å². The van der Waals surface area contributed by atoms with Crippen LogP contribution in [-0.4, -0.2) is 37.1 Å². The molecule has 0 amide bonds. The first kappa shape index (κ1) is 15.3. The summed E-state index contributed by atoms with van der Waals surface area (Å²) in [6.45, 7) is 12.4. The first-order valence-electron chi connectivity index (χ1n) is 8.51. The Morgan fingerprint density at radius 3 is 2.32 bits per heavy atom. The number of hydrogen-bond acceptors (Lipinski definition) is 2. The number of rotatable bonds is 5. The highest BCUT2D eigenvalue weighted by Crippen LogP contribution is 2.34. The van der Waals surface area contributed by atoms with E-state index in [4.69, 9.17) is 0 Å². The summed E-state index contributed by atoms with van der Waals surface area (Å²) in [6, 6.07) is 0.800. The minimum Gasteiger partial charge on any atom is -0.314 e. The lowest BCUT2D eigenvalue weighted by Gasteiger charge is -2.35. The maximum atomic E-state index is 3.78. The van der Waals surface area contributed by atoms with Crippen molar-refractivity contribution in [2.24, 2.45) is 11.3 Å². The zero-order valence-corrected chi connectivity index (χ0v) is 13.4. The Morgan fingerprint density at radius 2 is 1.68 bits per heavy atom. The third-order valence-corrected chi connectivity index (χ3v) is 5.30. The van der Waals surface area contributed by atoms with E-state index in [1.807, 2.05) is 0 Å². The van der Waals surface area contributed by atoms with Gasteiger partial charge < -0.3 is 10.2 Å². The molecule has 2 nitrogen and oxygen atoms in total. The van der Waals surface area contributed by atoms with Gasteiger partial charge in [-0.05, 0) is 82.5 Å². The summed E-state index contributed by atoms with van der Waals surface area (Å²) in [6.07, 6.45) is 9.70. The lowest BCUT2D eigenvalue weighted by Crippen LogP contribution is -2.38. The summed E-state index contributed by atoms with van der Waals surface area (Å²) in [7, 11) is 0. The molecule has 1 aliphatic carbocycles. The van der Waals surface area contributed by atoms with E-state index in [0.29, 0.717) is 5.41 Å². The Kier molecular flexibility index (Phi) is 5.70. The number of nitrogens with one attached hydrogen (secondary N) is 1. The smallest absolute Gasteiger partial charge is 0.00674 e. The van der Waals surface area contributed by atoms with Gasteiger partial charge in [0.2, 0.25) is 0 Å². The second-order valence-corrected chi connectivity index (χ2v) is 7.77. The molecule has 2 fully saturated rings. The molecular weight excluding hydrogens is 232 g/mol. The average Bonchev–Trinajstić information content (AvgIpc) is 2.38. The van der Waals surface area contributed by atoms with Crippen LogP contribution in [0.25, 0.3) is 0 Å². The molecule has 1 saturated heterocycles. The van der Waals surface area contributed by atoms with Crippen molar-refractivity contribution < 1.29 is 0 Å². The quantitative estimate of drug-likeness (QED) is 0.764. The van der Waals surface area contributed by atoms with Crippen LogP contribution in [0.4, 0.5) is 0 Å². The number of likely N-dealkylation sites (tertiary alicyclic amines) is 1. The monoisotopic (exact) mass is 266 g/mol. The minimum absolute atomic E-state index is 0.600. The molecule has 0 aromatic carbocycles. The van der Waals surface area contributed by atoms with E-state index in [-0.39, 0.29) is 0 Å². The molecule has 0 atom stereocenters. The zero-order valence-electron chi connectivity index (χ0n) is 13.4. The predicted octanol–water partition coefficient (Wildman–Crippen LogP) is 3.67. The van der Waals surface area contributed by atoms with Gasteiger partial charge in [-0.1, -0.05) is 20.8 Å². The largest absolute Gasteiger partial charge is 0.314 e. The Bertz CT molecular complexity index is 244. The molecule has 2 aliphatic rings. The lowest BCUT2D eigenvalue weighted by atomic mass is 9.75. The summed E-state index contributed by atoms with van der Waals surface area (Å²) in [5, 5.41) is 3.78. The van der Waals surface area contributed by atoms with Gasteiger partial charge in [-0.15, -0.1) is 0 Å². The van der Waals surface area contributed by atoms with Crippen LogP contribution in [0.5, 0.6) is 0 Å². The molecule has 0 bridgehead atoms. The van der Waals surface area contributed by atoms with Crippen LogP contribution in [0.15, 0.2) is 0 Å². The summed E-state index contributed by atoms with van der Waals surface area (Å²) in [5.74, 6) is 0.958. The Balaban J connectivity index is 1.50. The van der Waals surface area contributed by atoms with Crippen molar-refractivity contribution in [2.45, 2.75) is 71.8 Å². The zero-order chi connectivity index (χ0) is 13.7. The van der Waals surface area contributed by atoms with Gasteiger partial charge in [0.05, 0.1) is 0 Å². The van der Waals surface area contributed by atoms with Gasteiger partial charge in [0, 0.05) is 6.04 Å². The molecule has 0 spiro atoms. The van der Waals surface area contributed by atoms with E-state index in [1.54, 1.807) is 0 Å². The predicted molar refractivity (Wildman–Crippen MR) is 83.5 cm³/mol. The second-order valence-electron chi connectivity index (χ2n) is 7.77. The summed E-state index contributed by atoms with van der Waals surface area (Å²) < 4.78 is 0. The molecule has 1 aliphatic heterocycles. The van der Waals surface area contributed by atoms with E-state index in [9.17, 15) is 0 Å². The summed E-state index contributed by atoms with van der Waals surface area (Å²) in [5.41, 5.74) is 0.600. The third-order valence-electron chi connectivity index (χ3n) is 5.30. The fraction of sp³-hybridized carbons (Fsp3) is 1.00. The fourth-order valence-corrected chi connectivity index (χ4v) is 3.50. The van der Waals surface area contributed by atoms with Crippen molar-refractivity contribution in [1.29, 1.82) is 0 Å². The molecular formula is C17H34N2. The molecule has 19 heavy (non-hydrogen) atoms. The molecule has 2 heteroatoms. The SMILES string of the molecule is CC1CCN(CCCNC2CCC(C)(C)CC2)CC1. The van der Waals surface area contributed by atoms with E-state index >= 15 is 0 Å². The van der Waals surface area contributed by atoms with Gasteiger partial charge in [-0.2, -0.15) is 0 Å². The molecule has 0 radical (unpaired) electrons. The lowest BCUT2D eigenvalue weighted by molar-refractivity contribution is 0.184. The van der Waals surface area contributed by atoms with Crippen LogP contribution < -0.4 is 5.32 Å². The molecule has 0 unspecified atom stereocenters. The van der Waals surface area contributed by atoms with Crippen molar-refractivity contribution in [3.05, 3.63) is 0 Å². The minimum atomic E-state index is 0.600. The highest BCUT2D eigenvalue weighted by atomic mass is 15.1. The van der Waals surface area contributed by atoms with Crippen LogP contribution in [0.1, 0.15) is 65.7 Å². The first-order valence-corrected chi connectivity index (χ1v) is 8.51. The van der Waals surface area contributed by atoms with E-state index in [0.717, 1.165) is 12.0 Å². The second kappa shape index (κ2) is 7.08. The number of hydrogen-bond donors (Lipinski definition) is 1.